The summed E-state index contributed by atoms with van der Waals surface area (Å²) in [7, 11) is 0. The average molecular weight is 339 g/mol. The normalized spacial score (nSPS) is 12.3. The molecule has 0 spiro atoms. The van der Waals surface area contributed by atoms with Crippen LogP contribution in [0.1, 0.15) is 31.1 Å². The van der Waals surface area contributed by atoms with Gasteiger partial charge in [-0.2, -0.15) is 0 Å². The van der Waals surface area contributed by atoms with Gasteiger partial charge in [0.05, 0.1) is 0 Å². The summed E-state index contributed by atoms with van der Waals surface area (Å²) in [6, 6.07) is 7.03. The van der Waals surface area contributed by atoms with Gasteiger partial charge in [-0.3, -0.25) is 10.1 Å². The molecule has 0 radical (unpaired) electrons. The molecule has 0 aliphatic carbocycles. The van der Waals surface area contributed by atoms with E-state index in [1.165, 1.54) is 0 Å². The predicted octanol–water partition coefficient (Wildman–Crippen LogP) is 4.20. The molecule has 0 aliphatic rings. The number of nitrogens with one attached hydrogen (secondary N) is 1. The molecule has 2 aromatic rings. The number of aliphatic carboxylic acids is 1. The number of hydrogen-bond acceptors (Lipinski definition) is 4. The maximum absolute atomic E-state index is 11.2. The number of unbranched alkanes of at least 4 members (excludes halogenated alkanes) is 1. The fourth-order valence-corrected chi connectivity index (χ4v) is 3.05. The van der Waals surface area contributed by atoms with Crippen LogP contribution in [0.4, 0.5) is 0 Å². The summed E-state index contributed by atoms with van der Waals surface area (Å²) in [6.45, 7) is 2.58. The third-order valence-corrected chi connectivity index (χ3v) is 4.61. The van der Waals surface area contributed by atoms with E-state index in [4.69, 9.17) is 11.6 Å². The van der Waals surface area contributed by atoms with Crippen LogP contribution < -0.4 is 5.32 Å². The van der Waals surface area contributed by atoms with Crippen LogP contribution in [-0.4, -0.2) is 22.1 Å². The number of nitrogens with zero attached hydrogens (tertiary/aromatic N) is 1. The van der Waals surface area contributed by atoms with Gasteiger partial charge in [0, 0.05) is 28.2 Å². The molecule has 1 aromatic heterocycles. The second kappa shape index (κ2) is 8.27. The van der Waals surface area contributed by atoms with Crippen LogP contribution in [0.5, 0.6) is 0 Å². The van der Waals surface area contributed by atoms with Crippen LogP contribution in [0.2, 0.25) is 5.02 Å². The molecule has 0 fully saturated rings. The Labute approximate surface area is 139 Å². The number of hydrogen-bond donors (Lipinski definition) is 2. The minimum Gasteiger partial charge on any atom is -0.480 e. The highest BCUT2D eigenvalue weighted by molar-refractivity contribution is 7.15. The molecule has 1 aromatic carbocycles. The lowest BCUT2D eigenvalue weighted by Crippen LogP contribution is -2.35. The van der Waals surface area contributed by atoms with Crippen molar-refractivity contribution in [3.8, 4) is 10.6 Å². The van der Waals surface area contributed by atoms with Crippen LogP contribution in [0, 0.1) is 0 Å². The van der Waals surface area contributed by atoms with Crippen LogP contribution >= 0.6 is 22.9 Å². The van der Waals surface area contributed by atoms with Crippen LogP contribution in [0.3, 0.4) is 0 Å². The van der Waals surface area contributed by atoms with Crippen molar-refractivity contribution in [3.63, 3.8) is 0 Å². The fourth-order valence-electron chi connectivity index (χ4n) is 2.06. The van der Waals surface area contributed by atoms with Crippen molar-refractivity contribution in [2.24, 2.45) is 0 Å². The fraction of sp³-hybridized carbons (Fsp3) is 0.375. The second-order valence-corrected chi connectivity index (χ2v) is 6.60. The average Bonchev–Trinajstić information content (AvgIpc) is 2.96. The molecule has 0 aliphatic heterocycles. The van der Waals surface area contributed by atoms with Crippen molar-refractivity contribution < 1.29 is 9.90 Å². The van der Waals surface area contributed by atoms with Crippen LogP contribution in [-0.2, 0) is 11.3 Å². The molecule has 0 saturated heterocycles. The summed E-state index contributed by atoms with van der Waals surface area (Å²) >= 11 is 7.44. The number of carbonyl (C=O) groups is 1. The molecule has 1 atom stereocenters. The first-order valence-electron chi connectivity index (χ1n) is 7.27. The van der Waals surface area contributed by atoms with Gasteiger partial charge in [0.1, 0.15) is 11.0 Å². The zero-order valence-electron chi connectivity index (χ0n) is 12.4. The van der Waals surface area contributed by atoms with Crippen molar-refractivity contribution >= 4 is 28.9 Å². The molecule has 2 N–H and O–H groups in total. The summed E-state index contributed by atoms with van der Waals surface area (Å²) in [5.74, 6) is -0.795. The molecule has 0 bridgehead atoms. The Morgan fingerprint density at radius 1 is 1.41 bits per heavy atom. The van der Waals surface area contributed by atoms with E-state index < -0.39 is 12.0 Å². The van der Waals surface area contributed by atoms with E-state index in [1.807, 2.05) is 24.3 Å². The first kappa shape index (κ1) is 16.9. The van der Waals surface area contributed by atoms with Gasteiger partial charge in [0.2, 0.25) is 0 Å². The van der Waals surface area contributed by atoms with Gasteiger partial charge in [0.25, 0.3) is 0 Å². The van der Waals surface area contributed by atoms with E-state index in [-0.39, 0.29) is 0 Å². The quantitative estimate of drug-likeness (QED) is 0.757. The highest BCUT2D eigenvalue weighted by Gasteiger charge is 2.16. The van der Waals surface area contributed by atoms with Crippen molar-refractivity contribution in [1.82, 2.24) is 10.3 Å². The number of carboxylic acids is 1. The van der Waals surface area contributed by atoms with Gasteiger partial charge in [0.15, 0.2) is 0 Å². The summed E-state index contributed by atoms with van der Waals surface area (Å²) < 4.78 is 0. The zero-order chi connectivity index (χ0) is 15.9. The Balaban J connectivity index is 1.96. The number of benzene rings is 1. The van der Waals surface area contributed by atoms with Crippen LogP contribution in [0.15, 0.2) is 30.5 Å². The lowest BCUT2D eigenvalue weighted by molar-refractivity contribution is -0.139. The molecule has 1 heterocycles. The van der Waals surface area contributed by atoms with E-state index in [2.05, 4.69) is 17.2 Å². The SMILES string of the molecule is CCCC[C@H](NCc1cnc(-c2ccc(Cl)cc2)s1)C(=O)O. The molecular weight excluding hydrogens is 320 g/mol. The van der Waals surface area contributed by atoms with E-state index >= 15 is 0 Å². The summed E-state index contributed by atoms with van der Waals surface area (Å²) in [4.78, 5) is 16.6. The summed E-state index contributed by atoms with van der Waals surface area (Å²) in [6.07, 6.45) is 4.34. The van der Waals surface area contributed by atoms with Crippen molar-refractivity contribution in [3.05, 3.63) is 40.4 Å². The Bertz CT molecular complexity index is 613. The van der Waals surface area contributed by atoms with Crippen molar-refractivity contribution in [2.45, 2.75) is 38.8 Å². The third-order valence-electron chi connectivity index (χ3n) is 3.31. The number of aromatic nitrogens is 1. The predicted molar refractivity (Wildman–Crippen MR) is 90.3 cm³/mol. The number of rotatable bonds is 8. The molecule has 22 heavy (non-hydrogen) atoms. The highest BCUT2D eigenvalue weighted by Crippen LogP contribution is 2.26. The molecule has 118 valence electrons. The van der Waals surface area contributed by atoms with Gasteiger partial charge in [-0.05, 0) is 18.6 Å². The van der Waals surface area contributed by atoms with Gasteiger partial charge < -0.3 is 5.11 Å². The Morgan fingerprint density at radius 3 is 2.77 bits per heavy atom. The minimum absolute atomic E-state index is 0.499. The van der Waals surface area contributed by atoms with Gasteiger partial charge in [-0.1, -0.05) is 43.5 Å². The lowest BCUT2D eigenvalue weighted by Gasteiger charge is -2.12. The maximum Gasteiger partial charge on any atom is 0.320 e. The molecular formula is C16H19ClN2O2S. The highest BCUT2D eigenvalue weighted by atomic mass is 35.5. The molecule has 0 saturated carbocycles. The van der Waals surface area contributed by atoms with Gasteiger partial charge in [-0.15, -0.1) is 11.3 Å². The third kappa shape index (κ3) is 4.80. The Hall–Kier alpha value is -1.43. The molecule has 6 heteroatoms. The standard InChI is InChI=1S/C16H19ClN2O2S/c1-2-3-4-14(16(20)21)18-9-13-10-19-15(22-13)11-5-7-12(17)8-6-11/h5-8,10,14,18H,2-4,9H2,1H3,(H,20,21)/t14-/m0/s1. The number of thiazole rings is 1. The molecule has 2 rings (SSSR count). The van der Waals surface area contributed by atoms with E-state index in [0.717, 1.165) is 28.3 Å². The Morgan fingerprint density at radius 2 is 2.14 bits per heavy atom. The molecule has 0 unspecified atom stereocenters. The van der Waals surface area contributed by atoms with E-state index in [1.54, 1.807) is 17.5 Å². The monoisotopic (exact) mass is 338 g/mol. The Kier molecular flexibility index (Phi) is 6.36. The molecule has 0 amide bonds. The number of carboxylic acid groups (broad SMARTS) is 1. The van der Waals surface area contributed by atoms with E-state index in [0.29, 0.717) is 18.0 Å². The lowest BCUT2D eigenvalue weighted by atomic mass is 10.1. The van der Waals surface area contributed by atoms with Crippen molar-refractivity contribution in [1.29, 1.82) is 0 Å². The minimum atomic E-state index is -0.795. The smallest absolute Gasteiger partial charge is 0.320 e. The van der Waals surface area contributed by atoms with Crippen molar-refractivity contribution in [2.75, 3.05) is 0 Å². The van der Waals surface area contributed by atoms with Gasteiger partial charge in [-0.25, -0.2) is 4.98 Å². The topological polar surface area (TPSA) is 62.2 Å². The number of halogens is 1. The first-order chi connectivity index (χ1) is 10.6. The van der Waals surface area contributed by atoms with Gasteiger partial charge >= 0.3 is 5.97 Å². The first-order valence-corrected chi connectivity index (χ1v) is 8.46. The largest absolute Gasteiger partial charge is 0.480 e. The summed E-state index contributed by atoms with van der Waals surface area (Å²) in [5, 5.41) is 13.9. The van der Waals surface area contributed by atoms with E-state index in [9.17, 15) is 9.90 Å². The maximum atomic E-state index is 11.2. The zero-order valence-corrected chi connectivity index (χ0v) is 14.0. The van der Waals surface area contributed by atoms with Crippen LogP contribution in [0.25, 0.3) is 10.6 Å². The second-order valence-electron chi connectivity index (χ2n) is 5.05. The summed E-state index contributed by atoms with van der Waals surface area (Å²) in [5.41, 5.74) is 1.02. The molecule has 4 nitrogen and oxygen atoms in total.